The van der Waals surface area contributed by atoms with Gasteiger partial charge in [-0.15, -0.1) is 10.2 Å². The van der Waals surface area contributed by atoms with Gasteiger partial charge in [-0.25, -0.2) is 14.1 Å². The molecule has 5 heterocycles. The van der Waals surface area contributed by atoms with Crippen LogP contribution >= 0.6 is 11.6 Å². The Morgan fingerprint density at radius 3 is 2.36 bits per heavy atom. The standard InChI is InChI=1S/C30H31ClN6O5/c1-4-41-29(38)26-27(19-14-20-7-8-21(15-19)36(20)30(39)42-5-2)37-28(34-33-26)24(18-6-9-22(31)23(16-18)40-3)25(35-37)17-10-12-32-13-11-17/h6,9-13,16,19-21H,4-5,7-8,14-15H2,1-3H3. The van der Waals surface area contributed by atoms with Crippen LogP contribution in [-0.2, 0) is 9.47 Å². The Hall–Kier alpha value is -4.25. The summed E-state index contributed by atoms with van der Waals surface area (Å²) >= 11 is 6.36. The summed E-state index contributed by atoms with van der Waals surface area (Å²) in [6.07, 6.45) is 6.12. The molecule has 0 aliphatic carbocycles. The predicted molar refractivity (Wildman–Crippen MR) is 155 cm³/mol. The number of rotatable bonds is 7. The number of benzene rings is 1. The smallest absolute Gasteiger partial charge is 0.410 e. The zero-order chi connectivity index (χ0) is 29.4. The number of methoxy groups -OCH3 is 1. The first-order valence-electron chi connectivity index (χ1n) is 14.1. The zero-order valence-electron chi connectivity index (χ0n) is 23.6. The fraction of sp³-hybridized carbons (Fsp3) is 0.400. The molecule has 6 rings (SSSR count). The largest absolute Gasteiger partial charge is 0.495 e. The lowest BCUT2D eigenvalue weighted by Crippen LogP contribution is -2.46. The summed E-state index contributed by atoms with van der Waals surface area (Å²) in [5.74, 6) is -0.172. The minimum atomic E-state index is -0.558. The summed E-state index contributed by atoms with van der Waals surface area (Å²) in [6.45, 7) is 4.08. The van der Waals surface area contributed by atoms with E-state index < -0.39 is 5.97 Å². The van der Waals surface area contributed by atoms with Gasteiger partial charge in [0.1, 0.15) is 11.4 Å². The number of ether oxygens (including phenoxy) is 3. The van der Waals surface area contributed by atoms with E-state index in [4.69, 9.17) is 30.9 Å². The van der Waals surface area contributed by atoms with Crippen molar-refractivity contribution in [1.29, 1.82) is 0 Å². The molecule has 12 heteroatoms. The third-order valence-corrected chi connectivity index (χ3v) is 8.35. The Kier molecular flexibility index (Phi) is 7.68. The summed E-state index contributed by atoms with van der Waals surface area (Å²) in [4.78, 5) is 32.1. The van der Waals surface area contributed by atoms with Gasteiger partial charge in [-0.05, 0) is 69.4 Å². The highest BCUT2D eigenvalue weighted by Crippen LogP contribution is 2.45. The molecular formula is C30H31ClN6O5. The molecule has 2 unspecified atom stereocenters. The average Bonchev–Trinajstić information content (AvgIpc) is 3.52. The number of pyridine rings is 1. The van der Waals surface area contributed by atoms with Crippen LogP contribution in [0.5, 0.6) is 5.75 Å². The lowest BCUT2D eigenvalue weighted by Gasteiger charge is -2.38. The van der Waals surface area contributed by atoms with Crippen LogP contribution in [0.1, 0.15) is 61.6 Å². The third kappa shape index (κ3) is 4.81. The van der Waals surface area contributed by atoms with E-state index in [2.05, 4.69) is 15.2 Å². The van der Waals surface area contributed by atoms with Gasteiger partial charge in [-0.3, -0.25) is 4.98 Å². The summed E-state index contributed by atoms with van der Waals surface area (Å²) in [5, 5.41) is 14.5. The molecule has 218 valence electrons. The Morgan fingerprint density at radius 1 is 0.976 bits per heavy atom. The van der Waals surface area contributed by atoms with Crippen molar-refractivity contribution in [2.75, 3.05) is 20.3 Å². The molecule has 2 saturated heterocycles. The molecule has 2 atom stereocenters. The monoisotopic (exact) mass is 590 g/mol. The van der Waals surface area contributed by atoms with Crippen molar-refractivity contribution in [3.63, 3.8) is 0 Å². The summed E-state index contributed by atoms with van der Waals surface area (Å²) in [5.41, 5.74) is 4.19. The minimum absolute atomic E-state index is 0.0127. The number of fused-ring (bicyclic) bond motifs is 3. The van der Waals surface area contributed by atoms with Crippen molar-refractivity contribution in [2.24, 2.45) is 0 Å². The number of carbonyl (C=O) groups excluding carboxylic acids is 2. The van der Waals surface area contributed by atoms with E-state index in [0.29, 0.717) is 52.8 Å². The molecule has 2 aliphatic heterocycles. The second-order valence-electron chi connectivity index (χ2n) is 10.4. The second kappa shape index (κ2) is 11.6. The topological polar surface area (TPSA) is 121 Å². The summed E-state index contributed by atoms with van der Waals surface area (Å²) in [6, 6.07) is 9.20. The fourth-order valence-corrected chi connectivity index (χ4v) is 6.51. The van der Waals surface area contributed by atoms with Crippen molar-refractivity contribution in [3.05, 3.63) is 59.1 Å². The van der Waals surface area contributed by atoms with Crippen LogP contribution in [0.15, 0.2) is 42.7 Å². The fourth-order valence-electron chi connectivity index (χ4n) is 6.32. The SMILES string of the molecule is CCOC(=O)c1nnc2c(-c3ccc(Cl)c(OC)c3)c(-c3ccncc3)nn2c1C1CC2CCC(C1)N2C(=O)OCC. The van der Waals surface area contributed by atoms with Gasteiger partial charge in [-0.1, -0.05) is 17.7 Å². The quantitative estimate of drug-likeness (QED) is 0.255. The van der Waals surface area contributed by atoms with Crippen LogP contribution in [0, 0.1) is 0 Å². The van der Waals surface area contributed by atoms with E-state index in [-0.39, 0.29) is 36.4 Å². The molecule has 0 saturated carbocycles. The molecule has 2 bridgehead atoms. The molecule has 0 N–H and O–H groups in total. The Morgan fingerprint density at radius 2 is 1.69 bits per heavy atom. The maximum atomic E-state index is 13.3. The lowest BCUT2D eigenvalue weighted by atomic mass is 9.87. The Balaban J connectivity index is 1.56. The van der Waals surface area contributed by atoms with Gasteiger partial charge in [0, 0.05) is 36.0 Å². The van der Waals surface area contributed by atoms with E-state index in [1.165, 1.54) is 0 Å². The number of hydrogen-bond acceptors (Lipinski definition) is 9. The molecule has 1 aromatic carbocycles. The van der Waals surface area contributed by atoms with Crippen molar-refractivity contribution in [2.45, 2.75) is 57.5 Å². The molecule has 42 heavy (non-hydrogen) atoms. The number of hydrogen-bond donors (Lipinski definition) is 0. The first kappa shape index (κ1) is 27.9. The van der Waals surface area contributed by atoms with Gasteiger partial charge < -0.3 is 19.1 Å². The first-order chi connectivity index (χ1) is 20.4. The van der Waals surface area contributed by atoms with Gasteiger partial charge in [-0.2, -0.15) is 5.10 Å². The van der Waals surface area contributed by atoms with Gasteiger partial charge in [0.15, 0.2) is 11.3 Å². The summed E-state index contributed by atoms with van der Waals surface area (Å²) < 4.78 is 18.0. The highest BCUT2D eigenvalue weighted by molar-refractivity contribution is 6.32. The minimum Gasteiger partial charge on any atom is -0.495 e. The van der Waals surface area contributed by atoms with E-state index >= 15 is 0 Å². The van der Waals surface area contributed by atoms with Crippen LogP contribution in [-0.4, -0.2) is 74.2 Å². The van der Waals surface area contributed by atoms with Crippen molar-refractivity contribution < 1.29 is 23.8 Å². The number of amides is 1. The normalized spacial score (nSPS) is 19.6. The predicted octanol–water partition coefficient (Wildman–Crippen LogP) is 5.56. The molecule has 2 aliphatic rings. The Labute approximate surface area is 247 Å². The number of aromatic nitrogens is 5. The highest BCUT2D eigenvalue weighted by Gasteiger charge is 2.46. The zero-order valence-corrected chi connectivity index (χ0v) is 24.4. The van der Waals surface area contributed by atoms with Crippen LogP contribution < -0.4 is 4.74 Å². The summed E-state index contributed by atoms with van der Waals surface area (Å²) in [7, 11) is 1.56. The molecule has 3 aromatic heterocycles. The first-order valence-corrected chi connectivity index (χ1v) is 14.5. The van der Waals surface area contributed by atoms with Crippen molar-refractivity contribution >= 4 is 29.3 Å². The number of esters is 1. The maximum absolute atomic E-state index is 13.3. The molecule has 4 aromatic rings. The average molecular weight is 591 g/mol. The molecule has 0 radical (unpaired) electrons. The molecular weight excluding hydrogens is 560 g/mol. The maximum Gasteiger partial charge on any atom is 0.410 e. The molecule has 2 fully saturated rings. The van der Waals surface area contributed by atoms with Crippen LogP contribution in [0.3, 0.4) is 0 Å². The third-order valence-electron chi connectivity index (χ3n) is 8.04. The van der Waals surface area contributed by atoms with Gasteiger partial charge in [0.05, 0.1) is 36.6 Å². The lowest BCUT2D eigenvalue weighted by molar-refractivity contribution is 0.0506. The second-order valence-corrected chi connectivity index (χ2v) is 10.8. The van der Waals surface area contributed by atoms with Gasteiger partial charge in [0.25, 0.3) is 0 Å². The van der Waals surface area contributed by atoms with E-state index in [0.717, 1.165) is 24.0 Å². The number of piperidine rings is 1. The van der Waals surface area contributed by atoms with Gasteiger partial charge >= 0.3 is 12.1 Å². The van der Waals surface area contributed by atoms with Crippen molar-refractivity contribution in [1.82, 2.24) is 29.7 Å². The highest BCUT2D eigenvalue weighted by atomic mass is 35.5. The molecule has 1 amide bonds. The van der Waals surface area contributed by atoms with Crippen LogP contribution in [0.4, 0.5) is 4.79 Å². The van der Waals surface area contributed by atoms with E-state index in [1.807, 2.05) is 36.1 Å². The van der Waals surface area contributed by atoms with Crippen LogP contribution in [0.25, 0.3) is 28.0 Å². The number of carbonyl (C=O) groups is 2. The van der Waals surface area contributed by atoms with E-state index in [9.17, 15) is 9.59 Å². The van der Waals surface area contributed by atoms with Gasteiger partial charge in [0.2, 0.25) is 0 Å². The number of halogens is 1. The Bertz CT molecular complexity index is 1630. The van der Waals surface area contributed by atoms with Crippen molar-refractivity contribution in [3.8, 4) is 28.1 Å². The molecule has 0 spiro atoms. The molecule has 11 nitrogen and oxygen atoms in total. The van der Waals surface area contributed by atoms with E-state index in [1.54, 1.807) is 37.0 Å². The van der Waals surface area contributed by atoms with Crippen LogP contribution in [0.2, 0.25) is 5.02 Å². The number of nitrogens with zero attached hydrogens (tertiary/aromatic N) is 6.